The molecule has 5 nitrogen and oxygen atoms in total. The first kappa shape index (κ1) is 16.5. The van der Waals surface area contributed by atoms with Crippen molar-refractivity contribution in [2.24, 2.45) is 11.7 Å². The van der Waals surface area contributed by atoms with Crippen molar-refractivity contribution >= 4 is 28.2 Å². The Labute approximate surface area is 140 Å². The van der Waals surface area contributed by atoms with E-state index in [1.54, 1.807) is 0 Å². The molecule has 2 aliphatic rings. The van der Waals surface area contributed by atoms with Crippen molar-refractivity contribution in [3.05, 3.63) is 16.0 Å². The molecule has 0 saturated carbocycles. The minimum absolute atomic E-state index is 0.159. The number of hydrogen-bond donors (Lipinski definition) is 2. The Balaban J connectivity index is 1.82. The number of carbonyl (C=O) groups is 2. The summed E-state index contributed by atoms with van der Waals surface area (Å²) in [6.07, 6.45) is 6.59. The SMILES string of the molecule is CCC[C@@H]1CCc2c(sc(NC(=O)[C@H]3CCCO3)c2C(N)=O)C1. The average molecular weight is 336 g/mol. The predicted octanol–water partition coefficient (Wildman–Crippen LogP) is 2.87. The van der Waals surface area contributed by atoms with Crippen LogP contribution in [0.1, 0.15) is 59.8 Å². The van der Waals surface area contributed by atoms with Gasteiger partial charge in [-0.3, -0.25) is 9.59 Å². The van der Waals surface area contributed by atoms with E-state index in [2.05, 4.69) is 12.2 Å². The van der Waals surface area contributed by atoms with Crippen LogP contribution in [-0.4, -0.2) is 24.5 Å². The molecule has 1 fully saturated rings. The largest absolute Gasteiger partial charge is 0.368 e. The third kappa shape index (κ3) is 3.43. The summed E-state index contributed by atoms with van der Waals surface area (Å²) in [7, 11) is 0. The van der Waals surface area contributed by atoms with Crippen LogP contribution in [0.15, 0.2) is 0 Å². The van der Waals surface area contributed by atoms with Gasteiger partial charge in [0.2, 0.25) is 0 Å². The highest BCUT2D eigenvalue weighted by Crippen LogP contribution is 2.40. The number of amides is 2. The molecule has 1 aliphatic carbocycles. The second-order valence-electron chi connectivity index (χ2n) is 6.46. The second kappa shape index (κ2) is 7.01. The molecule has 3 N–H and O–H groups in total. The molecule has 0 aromatic carbocycles. The van der Waals surface area contributed by atoms with Crippen molar-refractivity contribution in [1.82, 2.24) is 0 Å². The molecule has 1 aliphatic heterocycles. The van der Waals surface area contributed by atoms with Gasteiger partial charge < -0.3 is 15.8 Å². The van der Waals surface area contributed by atoms with Crippen molar-refractivity contribution in [1.29, 1.82) is 0 Å². The lowest BCUT2D eigenvalue weighted by Gasteiger charge is -2.21. The number of rotatable bonds is 5. The van der Waals surface area contributed by atoms with Gasteiger partial charge in [-0.2, -0.15) is 0 Å². The fraction of sp³-hybridized carbons (Fsp3) is 0.647. The zero-order valence-electron chi connectivity index (χ0n) is 13.5. The Bertz CT molecular complexity index is 605. The standard InChI is InChI=1S/C17H24N2O3S/c1-2-4-10-6-7-11-13(9-10)23-17(14(11)15(18)20)19-16(21)12-5-3-8-22-12/h10,12H,2-9H2,1H3,(H2,18,20)(H,19,21)/t10-,12-/m1/s1. The lowest BCUT2D eigenvalue weighted by atomic mass is 9.84. The fourth-order valence-corrected chi connectivity index (χ4v) is 5.00. The summed E-state index contributed by atoms with van der Waals surface area (Å²) >= 11 is 1.52. The van der Waals surface area contributed by atoms with Gasteiger partial charge in [-0.25, -0.2) is 0 Å². The molecule has 0 unspecified atom stereocenters. The van der Waals surface area contributed by atoms with Gasteiger partial charge >= 0.3 is 0 Å². The molecule has 2 heterocycles. The number of nitrogens with two attached hydrogens (primary N) is 1. The van der Waals surface area contributed by atoms with Crippen molar-refractivity contribution in [3.8, 4) is 0 Å². The Kier molecular flexibility index (Phi) is 5.02. The summed E-state index contributed by atoms with van der Waals surface area (Å²) in [5.74, 6) is 0.0707. The maximum absolute atomic E-state index is 12.3. The van der Waals surface area contributed by atoms with Crippen LogP contribution in [0, 0.1) is 5.92 Å². The maximum Gasteiger partial charge on any atom is 0.254 e. The maximum atomic E-state index is 12.3. The molecule has 23 heavy (non-hydrogen) atoms. The monoisotopic (exact) mass is 336 g/mol. The molecule has 3 rings (SSSR count). The summed E-state index contributed by atoms with van der Waals surface area (Å²) in [5, 5.41) is 3.50. The molecule has 1 aromatic rings. The molecule has 0 spiro atoms. The van der Waals surface area contributed by atoms with Crippen LogP contribution in [-0.2, 0) is 22.4 Å². The van der Waals surface area contributed by atoms with Crippen LogP contribution in [0.25, 0.3) is 0 Å². The number of thiophene rings is 1. The molecule has 6 heteroatoms. The molecule has 126 valence electrons. The molecule has 1 saturated heterocycles. The zero-order chi connectivity index (χ0) is 16.4. The first-order valence-corrected chi connectivity index (χ1v) is 9.28. The normalized spacial score (nSPS) is 23.5. The van der Waals surface area contributed by atoms with Crippen LogP contribution in [0.5, 0.6) is 0 Å². The highest BCUT2D eigenvalue weighted by molar-refractivity contribution is 7.17. The van der Waals surface area contributed by atoms with Gasteiger partial charge in [0, 0.05) is 11.5 Å². The number of carbonyl (C=O) groups excluding carboxylic acids is 2. The van der Waals surface area contributed by atoms with Gasteiger partial charge in [0.1, 0.15) is 11.1 Å². The predicted molar refractivity (Wildman–Crippen MR) is 90.9 cm³/mol. The van der Waals surface area contributed by atoms with E-state index in [9.17, 15) is 9.59 Å². The number of nitrogens with one attached hydrogen (secondary N) is 1. The molecule has 0 bridgehead atoms. The Morgan fingerprint density at radius 1 is 1.39 bits per heavy atom. The summed E-state index contributed by atoms with van der Waals surface area (Å²) in [6.45, 7) is 2.83. The van der Waals surface area contributed by atoms with Gasteiger partial charge in [0.15, 0.2) is 0 Å². The van der Waals surface area contributed by atoms with Crippen LogP contribution in [0.2, 0.25) is 0 Å². The number of ether oxygens (including phenoxy) is 1. The van der Waals surface area contributed by atoms with Gasteiger partial charge in [-0.15, -0.1) is 11.3 Å². The van der Waals surface area contributed by atoms with Crippen LogP contribution < -0.4 is 11.1 Å². The molecular weight excluding hydrogens is 312 g/mol. The van der Waals surface area contributed by atoms with E-state index >= 15 is 0 Å². The van der Waals surface area contributed by atoms with E-state index < -0.39 is 12.0 Å². The molecule has 2 atom stereocenters. The van der Waals surface area contributed by atoms with Crippen LogP contribution >= 0.6 is 11.3 Å². The van der Waals surface area contributed by atoms with E-state index in [1.165, 1.54) is 29.1 Å². The second-order valence-corrected chi connectivity index (χ2v) is 7.57. The molecule has 0 radical (unpaired) electrons. The van der Waals surface area contributed by atoms with Gasteiger partial charge in [0.25, 0.3) is 11.8 Å². The Morgan fingerprint density at radius 3 is 2.87 bits per heavy atom. The number of fused-ring (bicyclic) bond motifs is 1. The van der Waals surface area contributed by atoms with E-state index in [1.807, 2.05) is 0 Å². The Morgan fingerprint density at radius 2 is 2.22 bits per heavy atom. The third-order valence-corrected chi connectivity index (χ3v) is 5.94. The number of anilines is 1. The molecule has 2 amide bonds. The first-order valence-electron chi connectivity index (χ1n) is 8.47. The molecule has 1 aromatic heterocycles. The van der Waals surface area contributed by atoms with Crippen LogP contribution in [0.4, 0.5) is 5.00 Å². The Hall–Kier alpha value is -1.40. The molecular formula is C17H24N2O3S. The van der Waals surface area contributed by atoms with Crippen molar-refractivity contribution < 1.29 is 14.3 Å². The minimum atomic E-state index is -0.445. The summed E-state index contributed by atoms with van der Waals surface area (Å²) in [5.41, 5.74) is 7.16. The summed E-state index contributed by atoms with van der Waals surface area (Å²) < 4.78 is 5.41. The van der Waals surface area contributed by atoms with Crippen molar-refractivity contribution in [2.75, 3.05) is 11.9 Å². The topological polar surface area (TPSA) is 81.4 Å². The van der Waals surface area contributed by atoms with Gasteiger partial charge in [0.05, 0.1) is 5.56 Å². The van der Waals surface area contributed by atoms with Crippen LogP contribution in [0.3, 0.4) is 0 Å². The third-order valence-electron chi connectivity index (χ3n) is 4.77. The van der Waals surface area contributed by atoms with E-state index in [0.717, 1.165) is 37.7 Å². The average Bonchev–Trinajstić information content (AvgIpc) is 3.14. The van der Waals surface area contributed by atoms with Gasteiger partial charge in [-0.1, -0.05) is 19.8 Å². The number of hydrogen-bond acceptors (Lipinski definition) is 4. The highest BCUT2D eigenvalue weighted by atomic mass is 32.1. The number of primary amides is 1. The smallest absolute Gasteiger partial charge is 0.254 e. The lowest BCUT2D eigenvalue weighted by molar-refractivity contribution is -0.124. The quantitative estimate of drug-likeness (QED) is 0.867. The van der Waals surface area contributed by atoms with Crippen molar-refractivity contribution in [3.63, 3.8) is 0 Å². The van der Waals surface area contributed by atoms with E-state index in [-0.39, 0.29) is 5.91 Å². The summed E-state index contributed by atoms with van der Waals surface area (Å²) in [6, 6.07) is 0. The highest BCUT2D eigenvalue weighted by Gasteiger charge is 2.30. The minimum Gasteiger partial charge on any atom is -0.368 e. The van der Waals surface area contributed by atoms with E-state index in [4.69, 9.17) is 10.5 Å². The van der Waals surface area contributed by atoms with E-state index in [0.29, 0.717) is 23.1 Å². The van der Waals surface area contributed by atoms with Crippen molar-refractivity contribution in [2.45, 2.75) is 58.0 Å². The lowest BCUT2D eigenvalue weighted by Crippen LogP contribution is -2.27. The fourth-order valence-electron chi connectivity index (χ4n) is 3.63. The van der Waals surface area contributed by atoms with Gasteiger partial charge in [-0.05, 0) is 43.6 Å². The first-order chi connectivity index (χ1) is 11.1. The zero-order valence-corrected chi connectivity index (χ0v) is 14.3. The summed E-state index contributed by atoms with van der Waals surface area (Å²) in [4.78, 5) is 25.4.